The summed E-state index contributed by atoms with van der Waals surface area (Å²) in [4.78, 5) is 42.3. The Labute approximate surface area is 181 Å². The Hall–Kier alpha value is -3.55. The van der Waals surface area contributed by atoms with Gasteiger partial charge < -0.3 is 19.9 Å². The highest BCUT2D eigenvalue weighted by Crippen LogP contribution is 2.26. The first-order valence-electron chi connectivity index (χ1n) is 10.5. The van der Waals surface area contributed by atoms with Crippen LogP contribution < -0.4 is 15.0 Å². The van der Waals surface area contributed by atoms with Crippen LogP contribution in [0.4, 0.5) is 15.3 Å². The molecule has 0 spiro atoms. The molecule has 2 aromatic carbocycles. The number of hydrogen-bond acceptors (Lipinski definition) is 4. The summed E-state index contributed by atoms with van der Waals surface area (Å²) in [5.74, 6) is 0.557. The zero-order valence-corrected chi connectivity index (χ0v) is 17.3. The molecule has 0 aromatic heterocycles. The fourth-order valence-corrected chi connectivity index (χ4v) is 3.97. The van der Waals surface area contributed by atoms with Crippen LogP contribution in [-0.2, 0) is 4.79 Å². The number of likely N-dealkylation sites (tertiary alicyclic amines) is 1. The maximum absolute atomic E-state index is 12.8. The number of hydrogen-bond donors (Lipinski definition) is 1. The summed E-state index contributed by atoms with van der Waals surface area (Å²) in [7, 11) is 0. The lowest BCUT2D eigenvalue weighted by Gasteiger charge is -2.36. The summed E-state index contributed by atoms with van der Waals surface area (Å²) in [6.07, 6.45) is 1.30. The Kier molecular flexibility index (Phi) is 6.35. The molecule has 2 aliphatic rings. The van der Waals surface area contributed by atoms with Gasteiger partial charge in [0.1, 0.15) is 18.9 Å². The number of ether oxygens (including phenoxy) is 1. The maximum atomic E-state index is 12.8. The van der Waals surface area contributed by atoms with Crippen LogP contribution in [0.3, 0.4) is 0 Å². The quantitative estimate of drug-likeness (QED) is 0.573. The van der Waals surface area contributed by atoms with Crippen molar-refractivity contribution in [3.8, 4) is 5.75 Å². The minimum absolute atomic E-state index is 0.0457. The molecule has 8 nitrogen and oxygen atoms in total. The van der Waals surface area contributed by atoms with Gasteiger partial charge in [0.25, 0.3) is 5.91 Å². The van der Waals surface area contributed by atoms with E-state index < -0.39 is 0 Å². The number of urea groups is 2. The smallest absolute Gasteiger partial charge is 0.332 e. The molecular weight excluding hydrogens is 396 g/mol. The predicted octanol–water partition coefficient (Wildman–Crippen LogP) is 2.71. The van der Waals surface area contributed by atoms with Crippen LogP contribution in [-0.4, -0.2) is 66.6 Å². The SMILES string of the molecule is O=C(NCCOc1ccccc1)N1CCC(N2CC(=O)N(c3ccccc3)C2=O)CC1. The molecule has 5 amide bonds. The number of imide groups is 1. The number of nitrogens with one attached hydrogen (secondary N) is 1. The van der Waals surface area contributed by atoms with Crippen LogP contribution in [0.1, 0.15) is 12.8 Å². The maximum Gasteiger partial charge on any atom is 0.332 e. The third-order valence-electron chi connectivity index (χ3n) is 5.59. The van der Waals surface area contributed by atoms with Crippen LogP contribution in [0.25, 0.3) is 0 Å². The van der Waals surface area contributed by atoms with E-state index in [1.807, 2.05) is 36.4 Å². The average molecular weight is 422 g/mol. The van der Waals surface area contributed by atoms with Gasteiger partial charge in [0.05, 0.1) is 12.2 Å². The van der Waals surface area contributed by atoms with E-state index in [1.165, 1.54) is 4.90 Å². The monoisotopic (exact) mass is 422 g/mol. The third kappa shape index (κ3) is 4.79. The first-order valence-corrected chi connectivity index (χ1v) is 10.5. The summed E-state index contributed by atoms with van der Waals surface area (Å²) in [6, 6.07) is 18.0. The Morgan fingerprint density at radius 2 is 1.61 bits per heavy atom. The highest BCUT2D eigenvalue weighted by atomic mass is 16.5. The minimum atomic E-state index is -0.280. The van der Waals surface area contributed by atoms with E-state index in [4.69, 9.17) is 4.74 Å². The topological polar surface area (TPSA) is 82.2 Å². The number of rotatable bonds is 6. The van der Waals surface area contributed by atoms with Crippen LogP contribution >= 0.6 is 0 Å². The van der Waals surface area contributed by atoms with Crippen LogP contribution in [0.5, 0.6) is 5.75 Å². The van der Waals surface area contributed by atoms with E-state index in [1.54, 1.807) is 34.1 Å². The van der Waals surface area contributed by atoms with Crippen LogP contribution in [0.15, 0.2) is 60.7 Å². The summed E-state index contributed by atoms with van der Waals surface area (Å²) < 4.78 is 5.58. The number of piperidine rings is 1. The Morgan fingerprint density at radius 3 is 2.29 bits per heavy atom. The molecule has 0 aliphatic carbocycles. The second kappa shape index (κ2) is 9.51. The van der Waals surface area contributed by atoms with Gasteiger partial charge in [-0.1, -0.05) is 36.4 Å². The molecular formula is C23H26N4O4. The van der Waals surface area contributed by atoms with Crippen molar-refractivity contribution >= 4 is 23.7 Å². The van der Waals surface area contributed by atoms with Gasteiger partial charge in [0.2, 0.25) is 0 Å². The molecule has 0 atom stereocenters. The van der Waals surface area contributed by atoms with Crippen molar-refractivity contribution in [3.05, 3.63) is 60.7 Å². The fourth-order valence-electron chi connectivity index (χ4n) is 3.97. The number of anilines is 1. The Balaban J connectivity index is 1.23. The normalized spacial score (nSPS) is 17.2. The molecule has 2 aliphatic heterocycles. The molecule has 2 heterocycles. The van der Waals surface area contributed by atoms with Gasteiger partial charge in [-0.05, 0) is 37.1 Å². The van der Waals surface area contributed by atoms with Gasteiger partial charge in [0.15, 0.2) is 0 Å². The van der Waals surface area contributed by atoms with Crippen molar-refractivity contribution in [1.29, 1.82) is 0 Å². The van der Waals surface area contributed by atoms with Crippen molar-refractivity contribution in [3.63, 3.8) is 0 Å². The molecule has 2 fully saturated rings. The Bertz CT molecular complexity index is 914. The fraction of sp³-hybridized carbons (Fsp3) is 0.348. The zero-order chi connectivity index (χ0) is 21.6. The van der Waals surface area contributed by atoms with Crippen LogP contribution in [0, 0.1) is 0 Å². The van der Waals surface area contributed by atoms with E-state index in [2.05, 4.69) is 5.32 Å². The molecule has 2 aromatic rings. The molecule has 2 saturated heterocycles. The number of benzene rings is 2. The zero-order valence-electron chi connectivity index (χ0n) is 17.3. The van der Waals surface area contributed by atoms with Gasteiger partial charge in [-0.3, -0.25) is 4.79 Å². The lowest BCUT2D eigenvalue weighted by Crippen LogP contribution is -2.50. The number of nitrogens with zero attached hydrogens (tertiary/aromatic N) is 3. The molecule has 0 unspecified atom stereocenters. The largest absolute Gasteiger partial charge is 0.492 e. The molecule has 0 bridgehead atoms. The van der Waals surface area contributed by atoms with E-state index >= 15 is 0 Å². The highest BCUT2D eigenvalue weighted by molar-refractivity contribution is 6.19. The van der Waals surface area contributed by atoms with Crippen molar-refractivity contribution in [2.75, 3.05) is 37.7 Å². The van der Waals surface area contributed by atoms with E-state index in [9.17, 15) is 14.4 Å². The molecule has 4 rings (SSSR count). The van der Waals surface area contributed by atoms with Crippen molar-refractivity contribution in [2.45, 2.75) is 18.9 Å². The standard InChI is InChI=1S/C23H26N4O4/c28-21-17-26(23(30)27(21)19-7-3-1-4-8-19)18-11-14-25(15-12-18)22(29)24-13-16-31-20-9-5-2-6-10-20/h1-10,18H,11-17H2,(H,24,29). The molecule has 0 radical (unpaired) electrons. The molecule has 1 N–H and O–H groups in total. The highest BCUT2D eigenvalue weighted by Gasteiger charge is 2.41. The number of carbonyl (C=O) groups excluding carboxylic acids is 3. The first-order chi connectivity index (χ1) is 15.1. The van der Waals surface area contributed by atoms with Crippen molar-refractivity contribution in [2.24, 2.45) is 0 Å². The average Bonchev–Trinajstić information content (AvgIpc) is 3.11. The second-order valence-electron chi connectivity index (χ2n) is 7.59. The molecule has 0 saturated carbocycles. The summed E-state index contributed by atoms with van der Waals surface area (Å²) >= 11 is 0. The van der Waals surface area contributed by atoms with Gasteiger partial charge >= 0.3 is 12.1 Å². The lowest BCUT2D eigenvalue weighted by molar-refractivity contribution is -0.116. The lowest BCUT2D eigenvalue weighted by atomic mass is 10.0. The number of para-hydroxylation sites is 2. The van der Waals surface area contributed by atoms with E-state index in [-0.39, 0.29) is 30.6 Å². The van der Waals surface area contributed by atoms with E-state index in [0.717, 1.165) is 5.75 Å². The van der Waals surface area contributed by atoms with Gasteiger partial charge in [-0.15, -0.1) is 0 Å². The second-order valence-corrected chi connectivity index (χ2v) is 7.59. The molecule has 8 heteroatoms. The predicted molar refractivity (Wildman–Crippen MR) is 116 cm³/mol. The van der Waals surface area contributed by atoms with E-state index in [0.29, 0.717) is 44.8 Å². The Morgan fingerprint density at radius 1 is 0.968 bits per heavy atom. The summed E-state index contributed by atoms with van der Waals surface area (Å²) in [5.41, 5.74) is 0.592. The third-order valence-corrected chi connectivity index (χ3v) is 5.59. The van der Waals surface area contributed by atoms with Crippen molar-refractivity contribution in [1.82, 2.24) is 15.1 Å². The van der Waals surface area contributed by atoms with Crippen molar-refractivity contribution < 1.29 is 19.1 Å². The van der Waals surface area contributed by atoms with Gasteiger partial charge in [0, 0.05) is 19.1 Å². The minimum Gasteiger partial charge on any atom is -0.492 e. The molecule has 162 valence electrons. The van der Waals surface area contributed by atoms with Gasteiger partial charge in [-0.2, -0.15) is 0 Å². The summed E-state index contributed by atoms with van der Waals surface area (Å²) in [6.45, 7) is 1.98. The molecule has 31 heavy (non-hydrogen) atoms. The first kappa shape index (κ1) is 20.7. The number of carbonyl (C=O) groups is 3. The number of amides is 5. The van der Waals surface area contributed by atoms with Gasteiger partial charge in [-0.25, -0.2) is 14.5 Å². The van der Waals surface area contributed by atoms with Crippen LogP contribution in [0.2, 0.25) is 0 Å². The summed E-state index contributed by atoms with van der Waals surface area (Å²) in [5, 5.41) is 2.87.